The van der Waals surface area contributed by atoms with E-state index in [1.807, 2.05) is 41.8 Å². The van der Waals surface area contributed by atoms with Gasteiger partial charge in [0.25, 0.3) is 7.37 Å². The van der Waals surface area contributed by atoms with Gasteiger partial charge in [-0.1, -0.05) is 18.2 Å². The zero-order valence-corrected chi connectivity index (χ0v) is 20.5. The van der Waals surface area contributed by atoms with Crippen molar-refractivity contribution < 1.29 is 18.6 Å². The summed E-state index contributed by atoms with van der Waals surface area (Å²) in [6, 6.07) is 13.0. The number of para-hydroxylation sites is 1. The minimum atomic E-state index is -3.14. The number of hydrogen-bond acceptors (Lipinski definition) is 9. The number of benzene rings is 1. The molecule has 0 radical (unpaired) electrons. The van der Waals surface area contributed by atoms with Crippen LogP contribution in [0, 0.1) is 0 Å². The van der Waals surface area contributed by atoms with Crippen LogP contribution in [-0.2, 0) is 27.2 Å². The van der Waals surface area contributed by atoms with Crippen LogP contribution in [0.5, 0.6) is 5.75 Å². The van der Waals surface area contributed by atoms with Gasteiger partial charge < -0.3 is 24.3 Å². The quantitative estimate of drug-likeness (QED) is 0.215. The second kappa shape index (κ2) is 11.9. The lowest BCUT2D eigenvalue weighted by atomic mass is 10.3. The van der Waals surface area contributed by atoms with Gasteiger partial charge in [-0.05, 0) is 43.2 Å². The van der Waals surface area contributed by atoms with Crippen LogP contribution in [-0.4, -0.2) is 49.7 Å². The molecule has 10 nitrogen and oxygen atoms in total. The van der Waals surface area contributed by atoms with Gasteiger partial charge in [-0.3, -0.25) is 9.55 Å². The molecule has 0 aliphatic carbocycles. The molecule has 0 aliphatic rings. The molecule has 3 heterocycles. The maximum absolute atomic E-state index is 13.7. The largest absolute Gasteiger partial charge is 0.441 e. The Morgan fingerprint density at radius 1 is 1.09 bits per heavy atom. The first-order chi connectivity index (χ1) is 17.0. The summed E-state index contributed by atoms with van der Waals surface area (Å²) < 4.78 is 33.2. The third kappa shape index (κ3) is 7.08. The molecule has 1 aromatic carbocycles. The molecule has 4 aromatic rings. The van der Waals surface area contributed by atoms with Gasteiger partial charge in [0.1, 0.15) is 23.9 Å². The lowest BCUT2D eigenvalue weighted by molar-refractivity contribution is 0.0825. The fraction of sp³-hybridized carbons (Fsp3) is 0.333. The van der Waals surface area contributed by atoms with Crippen molar-refractivity contribution in [3.63, 3.8) is 0 Å². The molecule has 0 bridgehead atoms. The van der Waals surface area contributed by atoms with Gasteiger partial charge in [-0.25, -0.2) is 15.0 Å². The number of fused-ring (bicyclic) bond motifs is 1. The van der Waals surface area contributed by atoms with Crippen molar-refractivity contribution in [1.29, 1.82) is 0 Å². The summed E-state index contributed by atoms with van der Waals surface area (Å²) in [5.41, 5.74) is 8.08. The molecule has 2 N–H and O–H groups in total. The van der Waals surface area contributed by atoms with E-state index in [0.717, 1.165) is 5.56 Å². The van der Waals surface area contributed by atoms with Gasteiger partial charge >= 0.3 is 0 Å². The highest BCUT2D eigenvalue weighted by Crippen LogP contribution is 2.48. The first-order valence-corrected chi connectivity index (χ1v) is 13.3. The molecule has 11 heteroatoms. The minimum absolute atomic E-state index is 0.0167. The second-order valence-electron chi connectivity index (χ2n) is 8.14. The predicted molar refractivity (Wildman–Crippen MR) is 133 cm³/mol. The number of nitrogens with two attached hydrogens (primary N) is 1. The van der Waals surface area contributed by atoms with Crippen molar-refractivity contribution in [2.24, 2.45) is 0 Å². The monoisotopic (exact) mass is 496 g/mol. The van der Waals surface area contributed by atoms with E-state index in [2.05, 4.69) is 19.9 Å². The summed E-state index contributed by atoms with van der Waals surface area (Å²) in [7, 11) is -3.14. The first-order valence-electron chi connectivity index (χ1n) is 11.3. The van der Waals surface area contributed by atoms with E-state index in [-0.39, 0.29) is 12.5 Å². The summed E-state index contributed by atoms with van der Waals surface area (Å²) in [4.78, 5) is 16.5. The maximum atomic E-state index is 13.7. The van der Waals surface area contributed by atoms with Gasteiger partial charge in [0.2, 0.25) is 0 Å². The molecule has 2 atom stereocenters. The number of ether oxygens (including phenoxy) is 2. The fourth-order valence-corrected chi connectivity index (χ4v) is 5.36. The highest BCUT2D eigenvalue weighted by Gasteiger charge is 2.26. The number of nitrogen functional groups attached to an aromatic ring is 1. The lowest BCUT2D eigenvalue weighted by Crippen LogP contribution is -2.19. The number of anilines is 1. The molecule has 184 valence electrons. The van der Waals surface area contributed by atoms with E-state index in [1.54, 1.807) is 30.9 Å². The summed E-state index contributed by atoms with van der Waals surface area (Å²) in [6.07, 6.45) is 7.14. The van der Waals surface area contributed by atoms with Gasteiger partial charge in [0, 0.05) is 25.2 Å². The molecular weight excluding hydrogens is 467 g/mol. The van der Waals surface area contributed by atoms with E-state index in [0.29, 0.717) is 55.1 Å². The number of hydrogen-bond donors (Lipinski definition) is 1. The molecule has 0 fully saturated rings. The lowest BCUT2D eigenvalue weighted by Gasteiger charge is -2.22. The summed E-state index contributed by atoms with van der Waals surface area (Å²) >= 11 is 0. The maximum Gasteiger partial charge on any atom is 0.272 e. The predicted octanol–water partition coefficient (Wildman–Crippen LogP) is 4.13. The zero-order chi connectivity index (χ0) is 24.5. The van der Waals surface area contributed by atoms with Crippen LogP contribution >= 0.6 is 7.37 Å². The Kier molecular flexibility index (Phi) is 8.41. The Labute approximate surface area is 204 Å². The molecule has 35 heavy (non-hydrogen) atoms. The van der Waals surface area contributed by atoms with Crippen LogP contribution in [0.2, 0.25) is 0 Å². The Morgan fingerprint density at radius 2 is 1.89 bits per heavy atom. The van der Waals surface area contributed by atoms with Crippen LogP contribution in [0.1, 0.15) is 18.9 Å². The molecule has 0 saturated heterocycles. The summed E-state index contributed by atoms with van der Waals surface area (Å²) in [5, 5.41) is 0. The molecular formula is C24H29N6O4P. The highest BCUT2D eigenvalue weighted by molar-refractivity contribution is 7.59. The van der Waals surface area contributed by atoms with Crippen molar-refractivity contribution in [3.8, 4) is 5.75 Å². The van der Waals surface area contributed by atoms with E-state index in [9.17, 15) is 4.57 Å². The van der Waals surface area contributed by atoms with Gasteiger partial charge in [-0.15, -0.1) is 0 Å². The van der Waals surface area contributed by atoms with E-state index in [1.165, 1.54) is 6.33 Å². The van der Waals surface area contributed by atoms with Gasteiger partial charge in [0.05, 0.1) is 25.6 Å². The minimum Gasteiger partial charge on any atom is -0.441 e. The Balaban J connectivity index is 1.33. The van der Waals surface area contributed by atoms with Crippen molar-refractivity contribution in [2.45, 2.75) is 32.6 Å². The standard InChI is InChI=1S/C24H29N6O4P/c1-19(14-30-17-29-22-23(25)27-16-28-24(22)30)33-18-35(31,34-21-6-3-2-4-7-21)13-5-12-32-15-20-8-10-26-11-9-20/h2-4,6-11,16-17,19H,5,12-15,18H2,1H3,(H2,25,27,28)/t19-,35?/m1/s1. The molecule has 0 spiro atoms. The SMILES string of the molecule is C[C@H](Cn1cnc2c(N)ncnc21)OCP(=O)(CCCOCc1ccncc1)Oc1ccccc1. The Bertz CT molecular complexity index is 1250. The van der Waals surface area contributed by atoms with Crippen LogP contribution in [0.3, 0.4) is 0 Å². The Hall–Kier alpha value is -3.33. The average Bonchev–Trinajstić information content (AvgIpc) is 3.28. The first kappa shape index (κ1) is 24.8. The molecule has 1 unspecified atom stereocenters. The number of aromatic nitrogens is 5. The molecule has 0 aliphatic heterocycles. The Morgan fingerprint density at radius 3 is 2.69 bits per heavy atom. The molecule has 0 saturated carbocycles. The normalized spacial score (nSPS) is 14.0. The number of pyridine rings is 1. The molecule has 4 rings (SSSR count). The highest BCUT2D eigenvalue weighted by atomic mass is 31.2. The van der Waals surface area contributed by atoms with Gasteiger partial charge in [0.15, 0.2) is 11.5 Å². The summed E-state index contributed by atoms with van der Waals surface area (Å²) in [5.74, 6) is 0.881. The third-order valence-electron chi connectivity index (χ3n) is 5.26. The van der Waals surface area contributed by atoms with Crippen molar-refractivity contribution in [1.82, 2.24) is 24.5 Å². The van der Waals surface area contributed by atoms with Crippen molar-refractivity contribution in [2.75, 3.05) is 24.9 Å². The van der Waals surface area contributed by atoms with Gasteiger partial charge in [-0.2, -0.15) is 0 Å². The molecule has 3 aromatic heterocycles. The van der Waals surface area contributed by atoms with Crippen LogP contribution in [0.15, 0.2) is 67.5 Å². The number of rotatable bonds is 13. The van der Waals surface area contributed by atoms with Crippen LogP contribution in [0.25, 0.3) is 11.2 Å². The van der Waals surface area contributed by atoms with Crippen LogP contribution in [0.4, 0.5) is 5.82 Å². The topological polar surface area (TPSA) is 127 Å². The average molecular weight is 497 g/mol. The summed E-state index contributed by atoms with van der Waals surface area (Å²) in [6.45, 7) is 3.31. The second-order valence-corrected chi connectivity index (χ2v) is 10.7. The van der Waals surface area contributed by atoms with Crippen molar-refractivity contribution in [3.05, 3.63) is 73.1 Å². The van der Waals surface area contributed by atoms with Crippen molar-refractivity contribution >= 4 is 24.4 Å². The number of nitrogens with zero attached hydrogens (tertiary/aromatic N) is 5. The van der Waals surface area contributed by atoms with E-state index in [4.69, 9.17) is 19.7 Å². The zero-order valence-electron chi connectivity index (χ0n) is 19.6. The smallest absolute Gasteiger partial charge is 0.272 e. The third-order valence-corrected chi connectivity index (χ3v) is 7.34. The fourth-order valence-electron chi connectivity index (χ4n) is 3.49. The van der Waals surface area contributed by atoms with E-state index >= 15 is 0 Å². The molecule has 0 amide bonds. The number of imidazole rings is 1. The van der Waals surface area contributed by atoms with E-state index < -0.39 is 7.37 Å². The van der Waals surface area contributed by atoms with Crippen LogP contribution < -0.4 is 10.3 Å².